The lowest BCUT2D eigenvalue weighted by Gasteiger charge is -2.07. The molecule has 0 aliphatic heterocycles. The fourth-order valence-electron chi connectivity index (χ4n) is 1.47. The lowest BCUT2D eigenvalue weighted by Crippen LogP contribution is -2.13. The number of carbonyl (C=O) groups is 2. The Morgan fingerprint density at radius 3 is 2.44 bits per heavy atom. The zero-order valence-corrected chi connectivity index (χ0v) is 10.1. The fourth-order valence-corrected chi connectivity index (χ4v) is 1.47. The monoisotopic (exact) mass is 252 g/mol. The molecule has 98 valence electrons. The van der Waals surface area contributed by atoms with Gasteiger partial charge in [0.15, 0.2) is 0 Å². The van der Waals surface area contributed by atoms with E-state index >= 15 is 0 Å². The highest BCUT2D eigenvalue weighted by molar-refractivity contribution is 6.02. The number of ether oxygens (including phenoxy) is 1. The number of carbonyl (C=O) groups excluding carboxylic acids is 1. The SMILES string of the molecule is C[C@H](O)CCCOC(=O)c1ccccc1C(=O)O. The fraction of sp³-hybridized carbons (Fsp3) is 0.385. The smallest absolute Gasteiger partial charge is 0.339 e. The Labute approximate surface area is 105 Å². The summed E-state index contributed by atoms with van der Waals surface area (Å²) in [5, 5.41) is 18.0. The number of aliphatic hydroxyl groups excluding tert-OH is 1. The van der Waals surface area contributed by atoms with E-state index in [-0.39, 0.29) is 17.7 Å². The van der Waals surface area contributed by atoms with Crippen molar-refractivity contribution < 1.29 is 24.5 Å². The third kappa shape index (κ3) is 4.18. The van der Waals surface area contributed by atoms with Crippen LogP contribution in [0.3, 0.4) is 0 Å². The predicted octanol–water partition coefficient (Wildman–Crippen LogP) is 1.70. The molecule has 5 heteroatoms. The molecular weight excluding hydrogens is 236 g/mol. The number of hydrogen-bond donors (Lipinski definition) is 2. The van der Waals surface area contributed by atoms with E-state index in [2.05, 4.69) is 0 Å². The van der Waals surface area contributed by atoms with Gasteiger partial charge < -0.3 is 14.9 Å². The van der Waals surface area contributed by atoms with Crippen molar-refractivity contribution in [2.24, 2.45) is 0 Å². The normalized spacial score (nSPS) is 11.9. The van der Waals surface area contributed by atoms with Gasteiger partial charge in [-0.1, -0.05) is 12.1 Å². The van der Waals surface area contributed by atoms with Crippen LogP contribution in [0.5, 0.6) is 0 Å². The van der Waals surface area contributed by atoms with Crippen LogP contribution in [-0.2, 0) is 4.74 Å². The van der Waals surface area contributed by atoms with Crippen molar-refractivity contribution in [2.75, 3.05) is 6.61 Å². The average molecular weight is 252 g/mol. The van der Waals surface area contributed by atoms with Gasteiger partial charge in [0.25, 0.3) is 0 Å². The molecule has 0 saturated carbocycles. The molecule has 1 rings (SSSR count). The third-order valence-corrected chi connectivity index (χ3v) is 2.38. The van der Waals surface area contributed by atoms with Crippen molar-refractivity contribution in [3.63, 3.8) is 0 Å². The van der Waals surface area contributed by atoms with Crippen LogP contribution in [0.4, 0.5) is 0 Å². The molecule has 5 nitrogen and oxygen atoms in total. The van der Waals surface area contributed by atoms with E-state index in [0.717, 1.165) is 0 Å². The summed E-state index contributed by atoms with van der Waals surface area (Å²) in [5.74, 6) is -1.81. The van der Waals surface area contributed by atoms with Gasteiger partial charge in [-0.3, -0.25) is 0 Å². The maximum Gasteiger partial charge on any atom is 0.339 e. The first-order chi connectivity index (χ1) is 8.52. The molecule has 2 N–H and O–H groups in total. The quantitative estimate of drug-likeness (QED) is 0.594. The number of benzene rings is 1. The van der Waals surface area contributed by atoms with Crippen molar-refractivity contribution in [3.8, 4) is 0 Å². The highest BCUT2D eigenvalue weighted by atomic mass is 16.5. The average Bonchev–Trinajstić information content (AvgIpc) is 2.34. The van der Waals surface area contributed by atoms with Gasteiger partial charge in [-0.25, -0.2) is 9.59 Å². The minimum atomic E-state index is -1.16. The van der Waals surface area contributed by atoms with Gasteiger partial charge in [0.1, 0.15) is 0 Å². The second kappa shape index (κ2) is 6.76. The van der Waals surface area contributed by atoms with Gasteiger partial charge >= 0.3 is 11.9 Å². The number of rotatable bonds is 6. The number of esters is 1. The van der Waals surface area contributed by atoms with Crippen molar-refractivity contribution in [1.29, 1.82) is 0 Å². The summed E-state index contributed by atoms with van der Waals surface area (Å²) >= 11 is 0. The van der Waals surface area contributed by atoms with Crippen LogP contribution >= 0.6 is 0 Å². The number of aromatic carboxylic acids is 1. The molecule has 1 aromatic carbocycles. The first-order valence-electron chi connectivity index (χ1n) is 5.70. The molecular formula is C13H16O5. The zero-order chi connectivity index (χ0) is 13.5. The molecule has 0 radical (unpaired) electrons. The number of hydrogen-bond acceptors (Lipinski definition) is 4. The van der Waals surface area contributed by atoms with E-state index < -0.39 is 18.0 Å². The van der Waals surface area contributed by atoms with Crippen LogP contribution in [-0.4, -0.2) is 34.9 Å². The van der Waals surface area contributed by atoms with Crippen LogP contribution in [0.15, 0.2) is 24.3 Å². The largest absolute Gasteiger partial charge is 0.478 e. The van der Waals surface area contributed by atoms with Crippen LogP contribution < -0.4 is 0 Å². The van der Waals surface area contributed by atoms with E-state index in [1.165, 1.54) is 12.1 Å². The lowest BCUT2D eigenvalue weighted by molar-refractivity contribution is 0.0472. The van der Waals surface area contributed by atoms with Crippen LogP contribution in [0.2, 0.25) is 0 Å². The summed E-state index contributed by atoms with van der Waals surface area (Å²) in [6, 6.07) is 5.90. The summed E-state index contributed by atoms with van der Waals surface area (Å²) < 4.78 is 4.96. The number of carboxylic acids is 1. The topological polar surface area (TPSA) is 83.8 Å². The van der Waals surface area contributed by atoms with Gasteiger partial charge in [-0.15, -0.1) is 0 Å². The van der Waals surface area contributed by atoms with Crippen molar-refractivity contribution in [1.82, 2.24) is 0 Å². The van der Waals surface area contributed by atoms with Crippen molar-refractivity contribution in [2.45, 2.75) is 25.9 Å². The van der Waals surface area contributed by atoms with Gasteiger partial charge in [0.2, 0.25) is 0 Å². The second-order valence-corrected chi connectivity index (χ2v) is 3.98. The Morgan fingerprint density at radius 2 is 1.89 bits per heavy atom. The highest BCUT2D eigenvalue weighted by Crippen LogP contribution is 2.10. The Hall–Kier alpha value is -1.88. The second-order valence-electron chi connectivity index (χ2n) is 3.98. The maximum absolute atomic E-state index is 11.7. The van der Waals surface area contributed by atoms with E-state index in [1.54, 1.807) is 19.1 Å². The van der Waals surface area contributed by atoms with E-state index in [4.69, 9.17) is 14.9 Å². The molecule has 0 aliphatic rings. The zero-order valence-electron chi connectivity index (χ0n) is 10.1. The summed E-state index contributed by atoms with van der Waals surface area (Å²) in [5.41, 5.74) is -0.0277. The molecule has 0 unspecified atom stereocenters. The summed E-state index contributed by atoms with van der Waals surface area (Å²) in [7, 11) is 0. The number of aliphatic hydroxyl groups is 1. The van der Waals surface area contributed by atoms with Gasteiger partial charge in [-0.2, -0.15) is 0 Å². The Balaban J connectivity index is 2.59. The molecule has 18 heavy (non-hydrogen) atoms. The molecule has 0 bridgehead atoms. The maximum atomic E-state index is 11.7. The Kier molecular flexibility index (Phi) is 5.32. The molecule has 0 aromatic heterocycles. The lowest BCUT2D eigenvalue weighted by atomic mass is 10.1. The van der Waals surface area contributed by atoms with Crippen molar-refractivity contribution >= 4 is 11.9 Å². The molecule has 1 atom stereocenters. The third-order valence-electron chi connectivity index (χ3n) is 2.38. The molecule has 0 heterocycles. The first kappa shape index (κ1) is 14.2. The summed E-state index contributed by atoms with van der Waals surface area (Å²) in [6.45, 7) is 1.82. The Morgan fingerprint density at radius 1 is 1.28 bits per heavy atom. The van der Waals surface area contributed by atoms with E-state index in [0.29, 0.717) is 12.8 Å². The van der Waals surface area contributed by atoms with Crippen LogP contribution in [0.25, 0.3) is 0 Å². The van der Waals surface area contributed by atoms with Crippen LogP contribution in [0.1, 0.15) is 40.5 Å². The first-order valence-corrected chi connectivity index (χ1v) is 5.70. The van der Waals surface area contributed by atoms with Gasteiger partial charge in [0, 0.05) is 0 Å². The minimum Gasteiger partial charge on any atom is -0.478 e. The molecule has 0 saturated heterocycles. The Bertz CT molecular complexity index is 425. The highest BCUT2D eigenvalue weighted by Gasteiger charge is 2.16. The molecule has 0 spiro atoms. The standard InChI is InChI=1S/C13H16O5/c1-9(14)5-4-8-18-13(17)11-7-3-2-6-10(11)12(15)16/h2-3,6-7,9,14H,4-5,8H2,1H3,(H,15,16)/t9-/m0/s1. The molecule has 0 aliphatic carbocycles. The van der Waals surface area contributed by atoms with E-state index in [1.807, 2.05) is 0 Å². The van der Waals surface area contributed by atoms with Crippen LogP contribution in [0, 0.1) is 0 Å². The van der Waals surface area contributed by atoms with Gasteiger partial charge in [0.05, 0.1) is 23.8 Å². The predicted molar refractivity (Wildman–Crippen MR) is 64.6 cm³/mol. The summed E-state index contributed by atoms with van der Waals surface area (Å²) in [6.07, 6.45) is 0.641. The summed E-state index contributed by atoms with van der Waals surface area (Å²) in [4.78, 5) is 22.6. The number of carboxylic acid groups (broad SMARTS) is 1. The minimum absolute atomic E-state index is 0.0436. The van der Waals surface area contributed by atoms with Crippen molar-refractivity contribution in [3.05, 3.63) is 35.4 Å². The van der Waals surface area contributed by atoms with Gasteiger partial charge in [-0.05, 0) is 31.9 Å². The molecule has 1 aromatic rings. The van der Waals surface area contributed by atoms with E-state index in [9.17, 15) is 9.59 Å². The molecule has 0 fully saturated rings. The molecule has 0 amide bonds.